The zero-order chi connectivity index (χ0) is 28.1. The number of methoxy groups -OCH3 is 2. The molecule has 5 rings (SSSR count). The number of nitrogens with one attached hydrogen (secondary N) is 1. The van der Waals surface area contributed by atoms with Gasteiger partial charge < -0.3 is 24.1 Å². The molecule has 0 bridgehead atoms. The van der Waals surface area contributed by atoms with Crippen LogP contribution in [0.15, 0.2) is 61.1 Å². The van der Waals surface area contributed by atoms with Gasteiger partial charge in [-0.05, 0) is 49.1 Å². The van der Waals surface area contributed by atoms with Crippen molar-refractivity contribution in [3.8, 4) is 11.5 Å². The van der Waals surface area contributed by atoms with Crippen molar-refractivity contribution in [3.05, 3.63) is 77.7 Å². The number of ether oxygens (including phenoxy) is 3. The van der Waals surface area contributed by atoms with E-state index in [-0.39, 0.29) is 12.6 Å². The molecule has 0 unspecified atom stereocenters. The molecule has 9 heteroatoms. The highest BCUT2D eigenvalue weighted by molar-refractivity contribution is 6.03. The molecule has 4 aromatic rings. The van der Waals surface area contributed by atoms with Gasteiger partial charge in [0.2, 0.25) is 0 Å². The first-order chi connectivity index (χ1) is 19.5. The average Bonchev–Trinajstić information content (AvgIpc) is 3.38. The van der Waals surface area contributed by atoms with Gasteiger partial charge in [-0.3, -0.25) is 4.90 Å². The first-order valence-electron chi connectivity index (χ1n) is 13.7. The van der Waals surface area contributed by atoms with Crippen LogP contribution in [0.25, 0.3) is 11.2 Å². The summed E-state index contributed by atoms with van der Waals surface area (Å²) in [5.74, 6) is 1.35. The van der Waals surface area contributed by atoms with Crippen LogP contribution in [0.3, 0.4) is 0 Å². The lowest BCUT2D eigenvalue weighted by atomic mass is 9.92. The number of rotatable bonds is 10. The predicted octanol–water partition coefficient (Wildman–Crippen LogP) is 5.00. The summed E-state index contributed by atoms with van der Waals surface area (Å²) in [6, 6.07) is 16.5. The monoisotopic (exact) mass is 543 g/mol. The van der Waals surface area contributed by atoms with Gasteiger partial charge in [-0.2, -0.15) is 0 Å². The van der Waals surface area contributed by atoms with E-state index in [2.05, 4.69) is 46.4 Å². The summed E-state index contributed by atoms with van der Waals surface area (Å²) < 4.78 is 18.2. The topological polar surface area (TPSA) is 90.7 Å². The molecule has 1 aliphatic heterocycles. The lowest BCUT2D eigenvalue weighted by molar-refractivity contribution is 0.0527. The number of nitrogens with zero attached hydrogens (tertiary/aromatic N) is 4. The predicted molar refractivity (Wildman–Crippen MR) is 155 cm³/mol. The van der Waals surface area contributed by atoms with Gasteiger partial charge in [0.1, 0.15) is 11.1 Å². The number of fused-ring (bicyclic) bond motifs is 1. The van der Waals surface area contributed by atoms with E-state index in [1.165, 1.54) is 5.56 Å². The molecule has 0 aliphatic carbocycles. The molecule has 2 aromatic heterocycles. The van der Waals surface area contributed by atoms with E-state index in [1.54, 1.807) is 33.7 Å². The molecule has 9 nitrogen and oxygen atoms in total. The largest absolute Gasteiger partial charge is 0.493 e. The first kappa shape index (κ1) is 27.5. The molecular weight excluding hydrogens is 506 g/mol. The number of hydrogen-bond acceptors (Lipinski definition) is 8. The second-order valence-electron chi connectivity index (χ2n) is 10.2. The Morgan fingerprint density at radius 2 is 1.82 bits per heavy atom. The van der Waals surface area contributed by atoms with Crippen LogP contribution in [-0.2, 0) is 17.8 Å². The fraction of sp³-hybridized carbons (Fsp3) is 0.387. The maximum atomic E-state index is 13.0. The van der Waals surface area contributed by atoms with Crippen LogP contribution < -0.4 is 14.8 Å². The number of pyridine rings is 1. The molecule has 40 heavy (non-hydrogen) atoms. The lowest BCUT2D eigenvalue weighted by Crippen LogP contribution is -2.46. The number of carbonyl (C=O) groups excluding carboxylic acids is 1. The van der Waals surface area contributed by atoms with E-state index in [0.717, 1.165) is 31.6 Å². The molecule has 2 atom stereocenters. The Labute approximate surface area is 235 Å². The number of piperidine rings is 1. The Morgan fingerprint density at radius 3 is 2.58 bits per heavy atom. The molecule has 3 heterocycles. The molecule has 210 valence electrons. The Morgan fingerprint density at radius 1 is 1.02 bits per heavy atom. The number of benzene rings is 2. The molecule has 1 fully saturated rings. The van der Waals surface area contributed by atoms with Gasteiger partial charge >= 0.3 is 5.97 Å². The molecule has 1 saturated heterocycles. The lowest BCUT2D eigenvalue weighted by Gasteiger charge is -2.38. The number of hydrogen-bond donors (Lipinski definition) is 1. The van der Waals surface area contributed by atoms with Crippen molar-refractivity contribution in [2.45, 2.75) is 39.4 Å². The zero-order valence-corrected chi connectivity index (χ0v) is 23.6. The molecular formula is C31H37N5O4. The Bertz CT molecular complexity index is 1460. The standard InChI is InChI=1S/C31H37N5O4/c1-5-40-31(37)24-16-32-30-29(33-20-36(30)18-23-11-12-26(38-3)27(15-23)39-4)28(24)34-25-19-35(14-13-21(25)2)17-22-9-7-6-8-10-22/h6-12,15-16,20-21,25H,5,13-14,17-19H2,1-4H3,(H,32,34)/t21-,25+/m1/s1. The Kier molecular flexibility index (Phi) is 8.50. The van der Waals surface area contributed by atoms with Crippen molar-refractivity contribution in [2.24, 2.45) is 5.92 Å². The van der Waals surface area contributed by atoms with Gasteiger partial charge in [0.25, 0.3) is 0 Å². The fourth-order valence-electron chi connectivity index (χ4n) is 5.30. The molecule has 0 amide bonds. The number of likely N-dealkylation sites (tertiary alicyclic amines) is 1. The highest BCUT2D eigenvalue weighted by Gasteiger charge is 2.29. The van der Waals surface area contributed by atoms with Gasteiger partial charge in [0.05, 0.1) is 39.4 Å². The van der Waals surface area contributed by atoms with Crippen LogP contribution in [0, 0.1) is 5.92 Å². The van der Waals surface area contributed by atoms with Crippen molar-refractivity contribution >= 4 is 22.8 Å². The molecule has 1 aliphatic rings. The SMILES string of the molecule is CCOC(=O)c1cnc2c(ncn2Cc2ccc(OC)c(OC)c2)c1N[C@H]1CN(Cc2ccccc2)CC[C@H]1C. The number of carbonyl (C=O) groups is 1. The number of anilines is 1. The fourth-order valence-corrected chi connectivity index (χ4v) is 5.30. The van der Waals surface area contributed by atoms with Gasteiger partial charge in [-0.1, -0.05) is 43.3 Å². The molecule has 2 aromatic carbocycles. The van der Waals surface area contributed by atoms with E-state index < -0.39 is 5.97 Å². The van der Waals surface area contributed by atoms with Crippen LogP contribution in [0.2, 0.25) is 0 Å². The molecule has 0 saturated carbocycles. The normalized spacial score (nSPS) is 17.5. The van der Waals surface area contributed by atoms with Crippen molar-refractivity contribution < 1.29 is 19.0 Å². The second kappa shape index (κ2) is 12.4. The summed E-state index contributed by atoms with van der Waals surface area (Å²) in [7, 11) is 3.24. The summed E-state index contributed by atoms with van der Waals surface area (Å²) in [6.45, 7) is 7.66. The minimum Gasteiger partial charge on any atom is -0.493 e. The summed E-state index contributed by atoms with van der Waals surface area (Å²) in [5, 5.41) is 3.71. The van der Waals surface area contributed by atoms with E-state index >= 15 is 0 Å². The maximum absolute atomic E-state index is 13.0. The van der Waals surface area contributed by atoms with Crippen molar-refractivity contribution in [1.29, 1.82) is 0 Å². The van der Waals surface area contributed by atoms with Crippen LogP contribution in [0.4, 0.5) is 5.69 Å². The quantitative estimate of drug-likeness (QED) is 0.280. The van der Waals surface area contributed by atoms with Gasteiger partial charge in [-0.25, -0.2) is 14.8 Å². The maximum Gasteiger partial charge on any atom is 0.341 e. The summed E-state index contributed by atoms with van der Waals surface area (Å²) >= 11 is 0. The summed E-state index contributed by atoms with van der Waals surface area (Å²) in [6.07, 6.45) is 4.42. The van der Waals surface area contributed by atoms with Crippen LogP contribution in [-0.4, -0.2) is 65.4 Å². The first-order valence-corrected chi connectivity index (χ1v) is 13.7. The van der Waals surface area contributed by atoms with Gasteiger partial charge in [0, 0.05) is 25.3 Å². The summed E-state index contributed by atoms with van der Waals surface area (Å²) in [4.78, 5) is 24.8. The number of imidazole rings is 1. The zero-order valence-electron chi connectivity index (χ0n) is 23.6. The minimum absolute atomic E-state index is 0.132. The van der Waals surface area contributed by atoms with Gasteiger partial charge in [0.15, 0.2) is 17.1 Å². The number of esters is 1. The smallest absolute Gasteiger partial charge is 0.341 e. The van der Waals surface area contributed by atoms with Crippen LogP contribution >= 0.6 is 0 Å². The highest BCUT2D eigenvalue weighted by atomic mass is 16.5. The van der Waals surface area contributed by atoms with E-state index in [1.807, 2.05) is 28.8 Å². The third-order valence-electron chi connectivity index (χ3n) is 7.55. The van der Waals surface area contributed by atoms with Crippen LogP contribution in [0.5, 0.6) is 11.5 Å². The summed E-state index contributed by atoms with van der Waals surface area (Å²) in [5.41, 5.74) is 4.72. The second-order valence-corrected chi connectivity index (χ2v) is 10.2. The molecule has 0 radical (unpaired) electrons. The Hall–Kier alpha value is -4.11. The highest BCUT2D eigenvalue weighted by Crippen LogP contribution is 2.31. The van der Waals surface area contributed by atoms with Crippen molar-refractivity contribution in [1.82, 2.24) is 19.4 Å². The van der Waals surface area contributed by atoms with Crippen LogP contribution in [0.1, 0.15) is 41.8 Å². The third-order valence-corrected chi connectivity index (χ3v) is 7.55. The number of aromatic nitrogens is 3. The van der Waals surface area contributed by atoms with Gasteiger partial charge in [-0.15, -0.1) is 0 Å². The van der Waals surface area contributed by atoms with Crippen molar-refractivity contribution in [3.63, 3.8) is 0 Å². The minimum atomic E-state index is -0.404. The molecule has 1 N–H and O–H groups in total. The molecule has 0 spiro atoms. The Balaban J connectivity index is 1.45. The van der Waals surface area contributed by atoms with E-state index in [4.69, 9.17) is 19.2 Å². The van der Waals surface area contributed by atoms with E-state index in [9.17, 15) is 4.79 Å². The third kappa shape index (κ3) is 5.89. The average molecular weight is 544 g/mol. The van der Waals surface area contributed by atoms with E-state index in [0.29, 0.717) is 46.4 Å². The van der Waals surface area contributed by atoms with Crippen molar-refractivity contribution in [2.75, 3.05) is 39.2 Å².